The standard InChI is InChI=1S/C19H18N2O/c1-15-7-5-6-10-17(15)13-18(14-20)19(22)21-12-11-16-8-3-2-4-9-16/h2-10,13H,11-12H2,1H3,(H,21,22)/b18-13+. The van der Waals surface area contributed by atoms with E-state index in [2.05, 4.69) is 5.32 Å². The van der Waals surface area contributed by atoms with E-state index < -0.39 is 0 Å². The average molecular weight is 290 g/mol. The predicted molar refractivity (Wildman–Crippen MR) is 87.9 cm³/mol. The number of aryl methyl sites for hydroxylation is 1. The third-order valence-electron chi connectivity index (χ3n) is 3.40. The van der Waals surface area contributed by atoms with Gasteiger partial charge in [-0.3, -0.25) is 4.79 Å². The van der Waals surface area contributed by atoms with Crippen molar-refractivity contribution >= 4 is 12.0 Å². The number of hydrogen-bond donors (Lipinski definition) is 1. The van der Waals surface area contributed by atoms with Gasteiger partial charge >= 0.3 is 0 Å². The van der Waals surface area contributed by atoms with E-state index in [4.69, 9.17) is 0 Å². The van der Waals surface area contributed by atoms with Crippen LogP contribution in [0.15, 0.2) is 60.2 Å². The molecule has 0 unspecified atom stereocenters. The first-order valence-electron chi connectivity index (χ1n) is 7.20. The number of nitrogens with one attached hydrogen (secondary N) is 1. The van der Waals surface area contributed by atoms with Gasteiger partial charge in [0.15, 0.2) is 0 Å². The summed E-state index contributed by atoms with van der Waals surface area (Å²) in [4.78, 5) is 12.1. The van der Waals surface area contributed by atoms with Crippen LogP contribution in [0.5, 0.6) is 0 Å². The molecule has 0 radical (unpaired) electrons. The predicted octanol–water partition coefficient (Wildman–Crippen LogP) is 3.26. The van der Waals surface area contributed by atoms with Gasteiger partial charge in [0.05, 0.1) is 0 Å². The molecule has 0 saturated heterocycles. The number of benzene rings is 2. The highest BCUT2D eigenvalue weighted by molar-refractivity contribution is 6.01. The minimum absolute atomic E-state index is 0.127. The molecule has 110 valence electrons. The highest BCUT2D eigenvalue weighted by Gasteiger charge is 2.08. The zero-order valence-corrected chi connectivity index (χ0v) is 12.5. The Bertz CT molecular complexity index is 712. The molecule has 0 aliphatic rings. The Balaban J connectivity index is 1.98. The van der Waals surface area contributed by atoms with Gasteiger partial charge < -0.3 is 5.32 Å². The summed E-state index contributed by atoms with van der Waals surface area (Å²) in [6.45, 7) is 2.46. The minimum atomic E-state index is -0.332. The summed E-state index contributed by atoms with van der Waals surface area (Å²) in [5, 5.41) is 12.0. The van der Waals surface area contributed by atoms with Crippen molar-refractivity contribution in [1.29, 1.82) is 5.26 Å². The van der Waals surface area contributed by atoms with Crippen LogP contribution in [-0.2, 0) is 11.2 Å². The summed E-state index contributed by atoms with van der Waals surface area (Å²) in [6.07, 6.45) is 2.38. The van der Waals surface area contributed by atoms with Gasteiger partial charge in [0.1, 0.15) is 11.6 Å². The fourth-order valence-electron chi connectivity index (χ4n) is 2.11. The molecule has 2 aromatic carbocycles. The molecule has 0 atom stereocenters. The van der Waals surface area contributed by atoms with Crippen molar-refractivity contribution in [2.45, 2.75) is 13.3 Å². The Morgan fingerprint density at radius 3 is 2.50 bits per heavy atom. The van der Waals surface area contributed by atoms with Crippen molar-refractivity contribution in [2.24, 2.45) is 0 Å². The van der Waals surface area contributed by atoms with E-state index in [9.17, 15) is 10.1 Å². The number of hydrogen-bond acceptors (Lipinski definition) is 2. The number of rotatable bonds is 5. The lowest BCUT2D eigenvalue weighted by atomic mass is 10.1. The summed E-state index contributed by atoms with van der Waals surface area (Å²) >= 11 is 0. The Morgan fingerprint density at radius 1 is 1.14 bits per heavy atom. The van der Waals surface area contributed by atoms with Gasteiger partial charge in [-0.25, -0.2) is 0 Å². The number of carbonyl (C=O) groups is 1. The quantitative estimate of drug-likeness (QED) is 0.679. The smallest absolute Gasteiger partial charge is 0.261 e. The first kappa shape index (κ1) is 15.5. The van der Waals surface area contributed by atoms with Crippen LogP contribution in [0, 0.1) is 18.3 Å². The maximum atomic E-state index is 12.1. The second-order valence-electron chi connectivity index (χ2n) is 5.02. The second kappa shape index (κ2) is 7.80. The van der Waals surface area contributed by atoms with Gasteiger partial charge in [0, 0.05) is 6.54 Å². The van der Waals surface area contributed by atoms with Crippen molar-refractivity contribution in [1.82, 2.24) is 5.32 Å². The molecular weight excluding hydrogens is 272 g/mol. The van der Waals surface area contributed by atoms with Crippen molar-refractivity contribution in [2.75, 3.05) is 6.54 Å². The number of amides is 1. The zero-order chi connectivity index (χ0) is 15.8. The van der Waals surface area contributed by atoms with E-state index in [-0.39, 0.29) is 11.5 Å². The molecule has 0 aliphatic heterocycles. The van der Waals surface area contributed by atoms with E-state index in [1.165, 1.54) is 0 Å². The van der Waals surface area contributed by atoms with Crippen LogP contribution in [0.2, 0.25) is 0 Å². The van der Waals surface area contributed by atoms with Gasteiger partial charge in [0.25, 0.3) is 5.91 Å². The summed E-state index contributed by atoms with van der Waals surface area (Å²) in [6, 6.07) is 19.6. The summed E-state index contributed by atoms with van der Waals surface area (Å²) in [5.41, 5.74) is 3.20. The van der Waals surface area contributed by atoms with E-state index in [0.29, 0.717) is 6.54 Å². The van der Waals surface area contributed by atoms with E-state index in [0.717, 1.165) is 23.1 Å². The highest BCUT2D eigenvalue weighted by Crippen LogP contribution is 2.11. The second-order valence-corrected chi connectivity index (χ2v) is 5.02. The Morgan fingerprint density at radius 2 is 1.82 bits per heavy atom. The lowest BCUT2D eigenvalue weighted by molar-refractivity contribution is -0.117. The molecule has 0 bridgehead atoms. The SMILES string of the molecule is Cc1ccccc1/C=C(\C#N)C(=O)NCCc1ccccc1. The fourth-order valence-corrected chi connectivity index (χ4v) is 2.11. The third kappa shape index (κ3) is 4.32. The third-order valence-corrected chi connectivity index (χ3v) is 3.40. The number of carbonyl (C=O) groups excluding carboxylic acids is 1. The molecule has 3 nitrogen and oxygen atoms in total. The van der Waals surface area contributed by atoms with Gasteiger partial charge in [-0.1, -0.05) is 54.6 Å². The normalized spacial score (nSPS) is 10.8. The van der Waals surface area contributed by atoms with Gasteiger partial charge in [-0.2, -0.15) is 5.26 Å². The van der Waals surface area contributed by atoms with Crippen molar-refractivity contribution in [3.63, 3.8) is 0 Å². The average Bonchev–Trinajstić information content (AvgIpc) is 2.55. The Labute approximate surface area is 130 Å². The van der Waals surface area contributed by atoms with Crippen LogP contribution in [-0.4, -0.2) is 12.5 Å². The van der Waals surface area contributed by atoms with Crippen LogP contribution >= 0.6 is 0 Å². The molecule has 2 aromatic rings. The van der Waals surface area contributed by atoms with Crippen molar-refractivity contribution in [3.05, 3.63) is 76.9 Å². The van der Waals surface area contributed by atoms with Crippen molar-refractivity contribution < 1.29 is 4.79 Å². The fraction of sp³-hybridized carbons (Fsp3) is 0.158. The molecule has 3 heteroatoms. The largest absolute Gasteiger partial charge is 0.351 e. The molecule has 1 N–H and O–H groups in total. The molecule has 0 aliphatic carbocycles. The number of nitriles is 1. The molecule has 2 rings (SSSR count). The molecular formula is C19H18N2O. The number of nitrogens with zero attached hydrogens (tertiary/aromatic N) is 1. The first-order chi connectivity index (χ1) is 10.7. The van der Waals surface area contributed by atoms with E-state index >= 15 is 0 Å². The van der Waals surface area contributed by atoms with E-state index in [1.807, 2.05) is 67.6 Å². The maximum Gasteiger partial charge on any atom is 0.261 e. The molecule has 0 aromatic heterocycles. The van der Waals surface area contributed by atoms with Crippen LogP contribution < -0.4 is 5.32 Å². The lowest BCUT2D eigenvalue weighted by Crippen LogP contribution is -2.26. The highest BCUT2D eigenvalue weighted by atomic mass is 16.1. The zero-order valence-electron chi connectivity index (χ0n) is 12.5. The minimum Gasteiger partial charge on any atom is -0.351 e. The molecule has 22 heavy (non-hydrogen) atoms. The van der Waals surface area contributed by atoms with E-state index in [1.54, 1.807) is 6.08 Å². The molecule has 0 spiro atoms. The molecule has 1 amide bonds. The molecule has 0 heterocycles. The topological polar surface area (TPSA) is 52.9 Å². The van der Waals surface area contributed by atoms with Crippen LogP contribution in [0.1, 0.15) is 16.7 Å². The first-order valence-corrected chi connectivity index (χ1v) is 7.20. The van der Waals surface area contributed by atoms with Gasteiger partial charge in [-0.15, -0.1) is 0 Å². The molecule has 0 fully saturated rings. The van der Waals surface area contributed by atoms with Gasteiger partial charge in [0.2, 0.25) is 0 Å². The van der Waals surface area contributed by atoms with Crippen LogP contribution in [0.25, 0.3) is 6.08 Å². The summed E-state index contributed by atoms with van der Waals surface area (Å²) in [5.74, 6) is -0.332. The van der Waals surface area contributed by atoms with Crippen LogP contribution in [0.4, 0.5) is 0 Å². The van der Waals surface area contributed by atoms with Gasteiger partial charge in [-0.05, 0) is 36.1 Å². The molecule has 0 saturated carbocycles. The Kier molecular flexibility index (Phi) is 5.50. The summed E-state index contributed by atoms with van der Waals surface area (Å²) < 4.78 is 0. The maximum absolute atomic E-state index is 12.1. The lowest BCUT2D eigenvalue weighted by Gasteiger charge is -2.05. The van der Waals surface area contributed by atoms with Crippen molar-refractivity contribution in [3.8, 4) is 6.07 Å². The van der Waals surface area contributed by atoms with Crippen LogP contribution in [0.3, 0.4) is 0 Å². The Hall–Kier alpha value is -2.86. The summed E-state index contributed by atoms with van der Waals surface area (Å²) in [7, 11) is 0. The monoisotopic (exact) mass is 290 g/mol.